The van der Waals surface area contributed by atoms with Crippen molar-refractivity contribution in [3.63, 3.8) is 0 Å². The Morgan fingerprint density at radius 3 is 2.57 bits per heavy atom. The maximum Gasteiger partial charge on any atom is 0.242 e. The quantitative estimate of drug-likeness (QED) is 0.620. The molecule has 1 heterocycles. The van der Waals surface area contributed by atoms with Gasteiger partial charge in [-0.1, -0.05) is 32.6 Å². The van der Waals surface area contributed by atoms with E-state index >= 15 is 0 Å². The summed E-state index contributed by atoms with van der Waals surface area (Å²) >= 11 is 0. The summed E-state index contributed by atoms with van der Waals surface area (Å²) in [7, 11) is 0. The highest BCUT2D eigenvalue weighted by Crippen LogP contribution is 2.16. The number of nitrogens with one attached hydrogen (secondary N) is 1. The van der Waals surface area contributed by atoms with Crippen molar-refractivity contribution in [2.75, 3.05) is 13.1 Å². The third-order valence-corrected chi connectivity index (χ3v) is 3.85. The number of likely N-dealkylation sites (tertiary alicyclic amines) is 1. The molecule has 3 amide bonds. The molecule has 0 aromatic rings. The number of hydrogen-bond donors (Lipinski definition) is 2. The first-order valence-electron chi connectivity index (χ1n) is 7.91. The number of amides is 3. The van der Waals surface area contributed by atoms with Crippen LogP contribution in [0.3, 0.4) is 0 Å². The molecule has 21 heavy (non-hydrogen) atoms. The Hall–Kier alpha value is -1.59. The van der Waals surface area contributed by atoms with E-state index in [2.05, 4.69) is 12.2 Å². The number of carbonyl (C=O) groups is 3. The Morgan fingerprint density at radius 2 is 1.90 bits per heavy atom. The third kappa shape index (κ3) is 6.14. The zero-order valence-electron chi connectivity index (χ0n) is 12.9. The van der Waals surface area contributed by atoms with Crippen LogP contribution in [0, 0.1) is 0 Å². The van der Waals surface area contributed by atoms with Gasteiger partial charge in [0, 0.05) is 13.0 Å². The van der Waals surface area contributed by atoms with Crippen LogP contribution < -0.4 is 11.1 Å². The van der Waals surface area contributed by atoms with E-state index in [4.69, 9.17) is 5.73 Å². The molecule has 0 aromatic heterocycles. The van der Waals surface area contributed by atoms with Gasteiger partial charge in [0.1, 0.15) is 6.04 Å². The van der Waals surface area contributed by atoms with Gasteiger partial charge < -0.3 is 16.0 Å². The fraction of sp³-hybridized carbons (Fsp3) is 0.800. The lowest BCUT2D eigenvalue weighted by Gasteiger charge is -2.22. The van der Waals surface area contributed by atoms with Crippen molar-refractivity contribution in [2.24, 2.45) is 5.73 Å². The number of nitrogens with zero attached hydrogens (tertiary/aromatic N) is 1. The van der Waals surface area contributed by atoms with E-state index in [1.54, 1.807) is 0 Å². The van der Waals surface area contributed by atoms with E-state index in [0.717, 1.165) is 25.7 Å². The monoisotopic (exact) mass is 297 g/mol. The van der Waals surface area contributed by atoms with Gasteiger partial charge >= 0.3 is 0 Å². The van der Waals surface area contributed by atoms with Crippen molar-refractivity contribution in [2.45, 2.75) is 64.3 Å². The molecule has 0 spiro atoms. The summed E-state index contributed by atoms with van der Waals surface area (Å²) < 4.78 is 0. The van der Waals surface area contributed by atoms with E-state index in [1.165, 1.54) is 17.7 Å². The first-order chi connectivity index (χ1) is 10.1. The maximum atomic E-state index is 12.0. The highest BCUT2D eigenvalue weighted by Gasteiger charge is 2.32. The zero-order chi connectivity index (χ0) is 15.7. The third-order valence-electron chi connectivity index (χ3n) is 3.85. The Balaban J connectivity index is 2.20. The second kappa shape index (κ2) is 9.37. The zero-order valence-corrected chi connectivity index (χ0v) is 12.9. The van der Waals surface area contributed by atoms with E-state index < -0.39 is 11.9 Å². The standard InChI is InChI=1S/C15H27N3O3/c1-2-3-4-5-6-9-13(19)17-11-14(20)18-10-7-8-12(18)15(16)21/h12H,2-11H2,1H3,(H2,16,21)(H,17,19). The number of primary amides is 1. The van der Waals surface area contributed by atoms with Gasteiger partial charge in [-0.15, -0.1) is 0 Å². The molecule has 1 unspecified atom stereocenters. The number of unbranched alkanes of at least 4 members (excludes halogenated alkanes) is 4. The number of nitrogens with two attached hydrogens (primary N) is 1. The fourth-order valence-corrected chi connectivity index (χ4v) is 2.61. The predicted octanol–water partition coefficient (Wildman–Crippen LogP) is 0.939. The first-order valence-corrected chi connectivity index (χ1v) is 7.91. The summed E-state index contributed by atoms with van der Waals surface area (Å²) in [5.41, 5.74) is 5.27. The second-order valence-electron chi connectivity index (χ2n) is 5.59. The SMILES string of the molecule is CCCCCCCC(=O)NCC(=O)N1CCCC1C(N)=O. The lowest BCUT2D eigenvalue weighted by Crippen LogP contribution is -2.47. The second-order valence-corrected chi connectivity index (χ2v) is 5.59. The molecule has 120 valence electrons. The van der Waals surface area contributed by atoms with Crippen molar-refractivity contribution in [3.8, 4) is 0 Å². The molecule has 0 aliphatic carbocycles. The van der Waals surface area contributed by atoms with Crippen LogP contribution in [0.4, 0.5) is 0 Å². The fourth-order valence-electron chi connectivity index (χ4n) is 2.61. The summed E-state index contributed by atoms with van der Waals surface area (Å²) in [5, 5.41) is 2.63. The molecule has 0 aromatic carbocycles. The minimum atomic E-state index is -0.511. The molecule has 0 saturated carbocycles. The van der Waals surface area contributed by atoms with Gasteiger partial charge in [0.25, 0.3) is 0 Å². The molecule has 1 aliphatic rings. The van der Waals surface area contributed by atoms with Crippen molar-refractivity contribution in [1.29, 1.82) is 0 Å². The molecule has 1 fully saturated rings. The Kier molecular flexibility index (Phi) is 7.79. The van der Waals surface area contributed by atoms with E-state index in [-0.39, 0.29) is 18.4 Å². The summed E-state index contributed by atoms with van der Waals surface area (Å²) in [6, 6.07) is -0.511. The number of rotatable bonds is 9. The van der Waals surface area contributed by atoms with Crippen LogP contribution in [-0.2, 0) is 14.4 Å². The van der Waals surface area contributed by atoms with E-state index in [9.17, 15) is 14.4 Å². The number of carbonyl (C=O) groups excluding carboxylic acids is 3. The normalized spacial score (nSPS) is 17.8. The van der Waals surface area contributed by atoms with E-state index in [1.807, 2.05) is 0 Å². The van der Waals surface area contributed by atoms with Crippen molar-refractivity contribution in [3.05, 3.63) is 0 Å². The molecule has 1 atom stereocenters. The molecule has 1 rings (SSSR count). The van der Waals surface area contributed by atoms with Crippen LogP contribution in [-0.4, -0.2) is 41.8 Å². The van der Waals surface area contributed by atoms with Gasteiger partial charge in [-0.3, -0.25) is 14.4 Å². The molecule has 1 saturated heterocycles. The van der Waals surface area contributed by atoms with Crippen LogP contribution in [0.25, 0.3) is 0 Å². The molecule has 6 heteroatoms. The van der Waals surface area contributed by atoms with Gasteiger partial charge in [-0.2, -0.15) is 0 Å². The summed E-state index contributed by atoms with van der Waals surface area (Å²) in [5.74, 6) is -0.798. The van der Waals surface area contributed by atoms with E-state index in [0.29, 0.717) is 19.4 Å². The van der Waals surface area contributed by atoms with Crippen LogP contribution in [0.5, 0.6) is 0 Å². The molecule has 0 radical (unpaired) electrons. The van der Waals surface area contributed by atoms with Crippen molar-refractivity contribution >= 4 is 17.7 Å². The van der Waals surface area contributed by atoms with Gasteiger partial charge in [0.2, 0.25) is 17.7 Å². The Morgan fingerprint density at radius 1 is 1.19 bits per heavy atom. The average Bonchev–Trinajstić information content (AvgIpc) is 2.94. The number of hydrogen-bond acceptors (Lipinski definition) is 3. The summed E-state index contributed by atoms with van der Waals surface area (Å²) in [6.07, 6.45) is 7.28. The lowest BCUT2D eigenvalue weighted by molar-refractivity contribution is -0.137. The molecule has 6 nitrogen and oxygen atoms in total. The highest BCUT2D eigenvalue weighted by molar-refractivity contribution is 5.90. The lowest BCUT2D eigenvalue weighted by atomic mass is 10.1. The predicted molar refractivity (Wildman–Crippen MR) is 80.3 cm³/mol. The largest absolute Gasteiger partial charge is 0.368 e. The van der Waals surface area contributed by atoms with Crippen LogP contribution >= 0.6 is 0 Å². The molecular weight excluding hydrogens is 270 g/mol. The summed E-state index contributed by atoms with van der Waals surface area (Å²) in [4.78, 5) is 36.3. The minimum Gasteiger partial charge on any atom is -0.368 e. The Bertz CT molecular complexity index is 371. The molecule has 3 N–H and O–H groups in total. The van der Waals surface area contributed by atoms with Gasteiger partial charge in [-0.25, -0.2) is 0 Å². The maximum absolute atomic E-state index is 12.0. The molecule has 1 aliphatic heterocycles. The van der Waals surface area contributed by atoms with Gasteiger partial charge in [0.15, 0.2) is 0 Å². The van der Waals surface area contributed by atoms with Gasteiger partial charge in [0.05, 0.1) is 6.54 Å². The van der Waals surface area contributed by atoms with Crippen molar-refractivity contribution in [1.82, 2.24) is 10.2 Å². The minimum absolute atomic E-state index is 0.0441. The average molecular weight is 297 g/mol. The van der Waals surface area contributed by atoms with Crippen LogP contribution in [0.15, 0.2) is 0 Å². The van der Waals surface area contributed by atoms with Gasteiger partial charge in [-0.05, 0) is 19.3 Å². The smallest absolute Gasteiger partial charge is 0.242 e. The highest BCUT2D eigenvalue weighted by atomic mass is 16.2. The summed E-state index contributed by atoms with van der Waals surface area (Å²) in [6.45, 7) is 2.65. The van der Waals surface area contributed by atoms with Crippen molar-refractivity contribution < 1.29 is 14.4 Å². The van der Waals surface area contributed by atoms with Crippen LogP contribution in [0.1, 0.15) is 58.3 Å². The molecular formula is C15H27N3O3. The Labute approximate surface area is 126 Å². The molecule has 0 bridgehead atoms. The van der Waals surface area contributed by atoms with Crippen LogP contribution in [0.2, 0.25) is 0 Å². The first kappa shape index (κ1) is 17.5. The topological polar surface area (TPSA) is 92.5 Å².